The molecule has 3 N–H and O–H groups in total. The Kier molecular flexibility index (Phi) is 5.43. The summed E-state index contributed by atoms with van der Waals surface area (Å²) in [7, 11) is 2.23. The molecule has 1 spiro atoms. The Morgan fingerprint density at radius 2 is 2.00 bits per heavy atom. The van der Waals surface area contributed by atoms with Crippen molar-refractivity contribution in [3.63, 3.8) is 0 Å². The first-order valence-electron chi connectivity index (χ1n) is 9.88. The number of piperazine rings is 1. The van der Waals surface area contributed by atoms with Crippen molar-refractivity contribution in [1.82, 2.24) is 24.8 Å². The third kappa shape index (κ3) is 4.24. The van der Waals surface area contributed by atoms with E-state index in [-0.39, 0.29) is 11.5 Å². The number of aromatic nitrogens is 3. The van der Waals surface area contributed by atoms with Crippen molar-refractivity contribution in [2.45, 2.75) is 31.8 Å². The van der Waals surface area contributed by atoms with Gasteiger partial charge in [0.25, 0.3) is 0 Å². The second kappa shape index (κ2) is 7.98. The number of hydrogen-bond donors (Lipinski definition) is 2. The minimum absolute atomic E-state index is 0.192. The first kappa shape index (κ1) is 19.0. The molecular weight excluding hydrogens is 354 g/mol. The third-order valence-electron chi connectivity index (χ3n) is 5.84. The molecule has 0 amide bonds. The molecule has 0 bridgehead atoms. The van der Waals surface area contributed by atoms with Crippen molar-refractivity contribution in [3.05, 3.63) is 35.7 Å². The first-order valence-corrected chi connectivity index (χ1v) is 9.88. The molecule has 2 saturated heterocycles. The summed E-state index contributed by atoms with van der Waals surface area (Å²) in [4.78, 5) is 18.2. The van der Waals surface area contributed by atoms with Gasteiger partial charge in [0.05, 0.1) is 6.54 Å². The lowest BCUT2D eigenvalue weighted by Crippen LogP contribution is -2.62. The molecule has 0 atom stereocenters. The van der Waals surface area contributed by atoms with E-state index >= 15 is 0 Å². The topological polar surface area (TPSA) is 92.4 Å². The number of likely N-dealkylation sites (N-methyl/N-ethyl adjacent to an activating group) is 1. The summed E-state index contributed by atoms with van der Waals surface area (Å²) in [6.07, 6.45) is 2.14. The highest BCUT2D eigenvalue weighted by molar-refractivity contribution is 5.54. The van der Waals surface area contributed by atoms with E-state index in [4.69, 9.17) is 10.5 Å². The molecule has 2 aromatic rings. The summed E-state index contributed by atoms with van der Waals surface area (Å²) < 4.78 is 5.59. The summed E-state index contributed by atoms with van der Waals surface area (Å²) in [5.74, 6) is 1.44. The Morgan fingerprint density at radius 1 is 1.18 bits per heavy atom. The van der Waals surface area contributed by atoms with Gasteiger partial charge in [0, 0.05) is 44.1 Å². The molecule has 8 heteroatoms. The van der Waals surface area contributed by atoms with Gasteiger partial charge in [-0.3, -0.25) is 9.80 Å². The number of nitrogen functional groups attached to an aromatic ring is 1. The number of nitrogens with zero attached hydrogens (tertiary/aromatic N) is 5. The van der Waals surface area contributed by atoms with Gasteiger partial charge in [-0.25, -0.2) is 0 Å². The molecule has 0 radical (unpaired) electrons. The van der Waals surface area contributed by atoms with Gasteiger partial charge >= 0.3 is 0 Å². The van der Waals surface area contributed by atoms with Crippen LogP contribution in [-0.2, 0) is 11.3 Å². The maximum atomic E-state index is 5.96. The monoisotopic (exact) mass is 383 g/mol. The lowest BCUT2D eigenvalue weighted by Gasteiger charge is -2.51. The molecule has 1 aromatic heterocycles. The van der Waals surface area contributed by atoms with E-state index in [2.05, 4.69) is 56.2 Å². The van der Waals surface area contributed by atoms with E-state index in [9.17, 15) is 0 Å². The molecule has 2 aliphatic heterocycles. The normalized spacial score (nSPS) is 20.4. The average molecular weight is 384 g/mol. The van der Waals surface area contributed by atoms with Crippen LogP contribution in [0.5, 0.6) is 0 Å². The Hall–Kier alpha value is -2.29. The highest BCUT2D eigenvalue weighted by Crippen LogP contribution is 2.31. The van der Waals surface area contributed by atoms with Gasteiger partial charge in [-0.15, -0.1) is 0 Å². The molecule has 8 nitrogen and oxygen atoms in total. The van der Waals surface area contributed by atoms with Crippen molar-refractivity contribution in [3.8, 4) is 0 Å². The van der Waals surface area contributed by atoms with Crippen LogP contribution in [0.2, 0.25) is 0 Å². The highest BCUT2D eigenvalue weighted by atomic mass is 16.5. The van der Waals surface area contributed by atoms with Gasteiger partial charge in [0.2, 0.25) is 11.9 Å². The van der Waals surface area contributed by atoms with E-state index in [0.717, 1.165) is 51.4 Å². The van der Waals surface area contributed by atoms with E-state index in [1.165, 1.54) is 5.56 Å². The molecule has 0 unspecified atom stereocenters. The summed E-state index contributed by atoms with van der Waals surface area (Å²) in [5, 5.41) is 3.24. The SMILES string of the molecule is Cc1cccc(Nc2nc(N)nc(CN3CCN(C)C4(CCOCC4)C3)n2)c1. The summed E-state index contributed by atoms with van der Waals surface area (Å²) in [6.45, 7) is 7.42. The predicted octanol–water partition coefficient (Wildman–Crippen LogP) is 1.80. The molecule has 0 aliphatic carbocycles. The van der Waals surface area contributed by atoms with Crippen LogP contribution in [0, 0.1) is 6.92 Å². The summed E-state index contributed by atoms with van der Waals surface area (Å²) >= 11 is 0. The Labute approximate surface area is 166 Å². The van der Waals surface area contributed by atoms with Gasteiger partial charge < -0.3 is 15.8 Å². The molecule has 28 heavy (non-hydrogen) atoms. The zero-order valence-corrected chi connectivity index (χ0v) is 16.7. The lowest BCUT2D eigenvalue weighted by atomic mass is 9.86. The van der Waals surface area contributed by atoms with Gasteiger partial charge in [-0.05, 0) is 44.5 Å². The van der Waals surface area contributed by atoms with Crippen LogP contribution in [0.1, 0.15) is 24.2 Å². The number of aryl methyl sites for hydroxylation is 1. The summed E-state index contributed by atoms with van der Waals surface area (Å²) in [6, 6.07) is 8.09. The predicted molar refractivity (Wildman–Crippen MR) is 109 cm³/mol. The zero-order chi connectivity index (χ0) is 19.6. The number of ether oxygens (including phenoxy) is 1. The second-order valence-electron chi connectivity index (χ2n) is 7.90. The number of rotatable bonds is 4. The molecule has 0 saturated carbocycles. The lowest BCUT2D eigenvalue weighted by molar-refractivity contribution is -0.0629. The Balaban J connectivity index is 1.48. The average Bonchev–Trinajstić information content (AvgIpc) is 2.65. The van der Waals surface area contributed by atoms with Crippen molar-refractivity contribution < 1.29 is 4.74 Å². The van der Waals surface area contributed by atoms with Crippen LogP contribution in [0.25, 0.3) is 0 Å². The largest absolute Gasteiger partial charge is 0.381 e. The Morgan fingerprint density at radius 3 is 2.79 bits per heavy atom. The van der Waals surface area contributed by atoms with Crippen molar-refractivity contribution in [1.29, 1.82) is 0 Å². The minimum atomic E-state index is 0.192. The summed E-state index contributed by atoms with van der Waals surface area (Å²) in [5.41, 5.74) is 8.27. The van der Waals surface area contributed by atoms with Gasteiger partial charge in [0.15, 0.2) is 0 Å². The number of benzene rings is 1. The fraction of sp³-hybridized carbons (Fsp3) is 0.550. The smallest absolute Gasteiger partial charge is 0.232 e. The van der Waals surface area contributed by atoms with Crippen molar-refractivity contribution in [2.24, 2.45) is 0 Å². The van der Waals surface area contributed by atoms with E-state index in [1.54, 1.807) is 0 Å². The second-order valence-corrected chi connectivity index (χ2v) is 7.90. The molecule has 1 aromatic carbocycles. The first-order chi connectivity index (χ1) is 13.5. The molecule has 2 fully saturated rings. The molecular formula is C20H29N7O. The maximum Gasteiger partial charge on any atom is 0.232 e. The number of hydrogen-bond acceptors (Lipinski definition) is 8. The van der Waals surface area contributed by atoms with Crippen LogP contribution >= 0.6 is 0 Å². The molecule has 150 valence electrons. The zero-order valence-electron chi connectivity index (χ0n) is 16.7. The Bertz CT molecular complexity index is 822. The third-order valence-corrected chi connectivity index (χ3v) is 5.84. The van der Waals surface area contributed by atoms with Crippen LogP contribution in [-0.4, -0.2) is 70.2 Å². The fourth-order valence-corrected chi connectivity index (χ4v) is 4.19. The van der Waals surface area contributed by atoms with E-state index in [1.807, 2.05) is 12.1 Å². The van der Waals surface area contributed by atoms with Gasteiger partial charge in [-0.2, -0.15) is 15.0 Å². The van der Waals surface area contributed by atoms with Crippen molar-refractivity contribution >= 4 is 17.6 Å². The van der Waals surface area contributed by atoms with E-state index in [0.29, 0.717) is 18.3 Å². The number of nitrogens with two attached hydrogens (primary N) is 1. The van der Waals surface area contributed by atoms with E-state index < -0.39 is 0 Å². The quantitative estimate of drug-likeness (QED) is 0.826. The molecule has 3 heterocycles. The van der Waals surface area contributed by atoms with Crippen LogP contribution in [0.4, 0.5) is 17.6 Å². The number of anilines is 3. The maximum absolute atomic E-state index is 5.96. The standard InChI is InChI=1S/C20H29N7O/c1-15-4-3-5-16(12-15)22-19-24-17(23-18(21)25-19)13-27-9-8-26(2)20(14-27)6-10-28-11-7-20/h3-5,12H,6-11,13-14H2,1-2H3,(H3,21,22,23,24,25). The molecule has 2 aliphatic rings. The fourth-order valence-electron chi connectivity index (χ4n) is 4.19. The highest BCUT2D eigenvalue weighted by Gasteiger charge is 2.41. The number of nitrogens with one attached hydrogen (secondary N) is 1. The van der Waals surface area contributed by atoms with Gasteiger partial charge in [0.1, 0.15) is 5.82 Å². The van der Waals surface area contributed by atoms with Crippen LogP contribution < -0.4 is 11.1 Å². The van der Waals surface area contributed by atoms with Gasteiger partial charge in [-0.1, -0.05) is 12.1 Å². The van der Waals surface area contributed by atoms with Crippen LogP contribution in [0.15, 0.2) is 24.3 Å². The van der Waals surface area contributed by atoms with Crippen molar-refractivity contribution in [2.75, 3.05) is 50.9 Å². The molecule has 4 rings (SSSR count). The minimum Gasteiger partial charge on any atom is -0.381 e. The van der Waals surface area contributed by atoms with Crippen LogP contribution in [0.3, 0.4) is 0 Å².